The summed E-state index contributed by atoms with van der Waals surface area (Å²) in [7, 11) is 0. The monoisotopic (exact) mass is 301 g/mol. The maximum Gasteiger partial charge on any atom is 0.280 e. The van der Waals surface area contributed by atoms with Crippen molar-refractivity contribution < 1.29 is 13.7 Å². The van der Waals surface area contributed by atoms with Crippen LogP contribution in [0, 0.1) is 12.7 Å². The van der Waals surface area contributed by atoms with Crippen LogP contribution < -0.4 is 0 Å². The molecule has 0 radical (unpaired) electrons. The lowest BCUT2D eigenvalue weighted by atomic mass is 10.1. The Balaban J connectivity index is 1.62. The van der Waals surface area contributed by atoms with Crippen molar-refractivity contribution in [1.29, 1.82) is 0 Å². The normalized spacial score (nSPS) is 17.5. The minimum absolute atomic E-state index is 0.188. The molecule has 0 spiro atoms. The summed E-state index contributed by atoms with van der Waals surface area (Å²) >= 11 is 0. The van der Waals surface area contributed by atoms with E-state index in [1.807, 2.05) is 0 Å². The molecule has 0 aliphatic carbocycles. The first-order chi connectivity index (χ1) is 10.7. The molecule has 112 valence electrons. The second kappa shape index (κ2) is 4.99. The van der Waals surface area contributed by atoms with Gasteiger partial charge in [-0.25, -0.2) is 9.07 Å². The van der Waals surface area contributed by atoms with Crippen LogP contribution in [0.15, 0.2) is 28.8 Å². The maximum absolute atomic E-state index is 13.0. The Morgan fingerprint density at radius 2 is 2.09 bits per heavy atom. The molecule has 0 N–H and O–H groups in total. The number of hydrogen-bond donors (Lipinski definition) is 0. The van der Waals surface area contributed by atoms with E-state index in [1.54, 1.807) is 23.7 Å². The van der Waals surface area contributed by atoms with Crippen molar-refractivity contribution in [3.05, 3.63) is 47.2 Å². The smallest absolute Gasteiger partial charge is 0.280 e. The number of aromatic nitrogens is 5. The van der Waals surface area contributed by atoms with E-state index in [-0.39, 0.29) is 11.9 Å². The van der Waals surface area contributed by atoms with Crippen molar-refractivity contribution in [2.75, 3.05) is 0 Å². The molecule has 0 saturated carbocycles. The first kappa shape index (κ1) is 13.1. The Morgan fingerprint density at radius 3 is 2.82 bits per heavy atom. The molecule has 0 fully saturated rings. The van der Waals surface area contributed by atoms with Gasteiger partial charge in [-0.1, -0.05) is 22.5 Å². The molecule has 2 aromatic heterocycles. The van der Waals surface area contributed by atoms with Gasteiger partial charge in [-0.3, -0.25) is 0 Å². The minimum Gasteiger partial charge on any atom is -0.365 e. The van der Waals surface area contributed by atoms with Gasteiger partial charge >= 0.3 is 0 Å². The lowest BCUT2D eigenvalue weighted by molar-refractivity contribution is -0.00120. The van der Waals surface area contributed by atoms with E-state index in [0.29, 0.717) is 30.6 Å². The van der Waals surface area contributed by atoms with Crippen LogP contribution >= 0.6 is 0 Å². The fourth-order valence-electron chi connectivity index (χ4n) is 2.45. The molecular weight excluding hydrogens is 289 g/mol. The first-order valence-electron chi connectivity index (χ1n) is 6.81. The number of halogens is 1. The Hall–Kier alpha value is -2.61. The molecule has 1 aromatic carbocycles. The summed E-state index contributed by atoms with van der Waals surface area (Å²) in [5, 5.41) is 12.0. The van der Waals surface area contributed by atoms with Gasteiger partial charge in [-0.2, -0.15) is 4.98 Å². The third-order valence-electron chi connectivity index (χ3n) is 3.57. The van der Waals surface area contributed by atoms with Gasteiger partial charge in [-0.15, -0.1) is 5.10 Å². The standard InChI is InChI=1S/C14H12FN5O2/c1-8-16-14(22-18-8)13-11-7-21-12(6-20(11)19-17-13)9-2-4-10(15)5-3-9/h2-5,12H,6-7H2,1H3. The highest BCUT2D eigenvalue weighted by atomic mass is 19.1. The average molecular weight is 301 g/mol. The molecule has 3 aromatic rings. The van der Waals surface area contributed by atoms with E-state index < -0.39 is 0 Å². The molecule has 3 heterocycles. The zero-order valence-electron chi connectivity index (χ0n) is 11.7. The number of nitrogens with zero attached hydrogens (tertiary/aromatic N) is 5. The molecule has 1 atom stereocenters. The van der Waals surface area contributed by atoms with Crippen molar-refractivity contribution >= 4 is 0 Å². The predicted octanol–water partition coefficient (Wildman–Crippen LogP) is 2.05. The van der Waals surface area contributed by atoms with E-state index >= 15 is 0 Å². The zero-order valence-corrected chi connectivity index (χ0v) is 11.7. The summed E-state index contributed by atoms with van der Waals surface area (Å²) in [6.07, 6.45) is -0.188. The fraction of sp³-hybridized carbons (Fsp3) is 0.286. The molecule has 1 aliphatic rings. The summed E-state index contributed by atoms with van der Waals surface area (Å²) in [6, 6.07) is 6.26. The number of rotatable bonds is 2. The lowest BCUT2D eigenvalue weighted by Gasteiger charge is -2.24. The van der Waals surface area contributed by atoms with Crippen molar-refractivity contribution in [3.63, 3.8) is 0 Å². The Morgan fingerprint density at radius 1 is 1.27 bits per heavy atom. The predicted molar refractivity (Wildman–Crippen MR) is 72.0 cm³/mol. The minimum atomic E-state index is -0.268. The van der Waals surface area contributed by atoms with E-state index in [0.717, 1.165) is 11.3 Å². The number of hydrogen-bond acceptors (Lipinski definition) is 6. The van der Waals surface area contributed by atoms with Crippen LogP contribution in [0.4, 0.5) is 4.39 Å². The lowest BCUT2D eigenvalue weighted by Crippen LogP contribution is -2.22. The largest absolute Gasteiger partial charge is 0.365 e. The van der Waals surface area contributed by atoms with Gasteiger partial charge in [0.05, 0.1) is 18.8 Å². The summed E-state index contributed by atoms with van der Waals surface area (Å²) in [6.45, 7) is 2.57. The van der Waals surface area contributed by atoms with Crippen LogP contribution in [0.5, 0.6) is 0 Å². The highest BCUT2D eigenvalue weighted by Gasteiger charge is 2.27. The van der Waals surface area contributed by atoms with Gasteiger partial charge in [0.25, 0.3) is 5.89 Å². The van der Waals surface area contributed by atoms with E-state index in [9.17, 15) is 4.39 Å². The van der Waals surface area contributed by atoms with E-state index in [4.69, 9.17) is 9.26 Å². The summed E-state index contributed by atoms with van der Waals surface area (Å²) in [5.74, 6) is 0.607. The molecule has 22 heavy (non-hydrogen) atoms. The second-order valence-corrected chi connectivity index (χ2v) is 5.06. The van der Waals surface area contributed by atoms with Gasteiger partial charge in [0.1, 0.15) is 11.9 Å². The number of fused-ring (bicyclic) bond motifs is 1. The van der Waals surface area contributed by atoms with Gasteiger partial charge in [0.15, 0.2) is 11.5 Å². The summed E-state index contributed by atoms with van der Waals surface area (Å²) in [4.78, 5) is 4.16. The topological polar surface area (TPSA) is 78.9 Å². The fourth-order valence-corrected chi connectivity index (χ4v) is 2.45. The molecular formula is C14H12FN5O2. The van der Waals surface area contributed by atoms with Crippen molar-refractivity contribution in [2.45, 2.75) is 26.2 Å². The Bertz CT molecular complexity index is 811. The van der Waals surface area contributed by atoms with E-state index in [2.05, 4.69) is 20.5 Å². The molecule has 1 aliphatic heterocycles. The SMILES string of the molecule is Cc1noc(-c2nnn3c2COC(c2ccc(F)cc2)C3)n1. The van der Waals surface area contributed by atoms with Gasteiger partial charge in [-0.05, 0) is 24.6 Å². The highest BCUT2D eigenvalue weighted by molar-refractivity contribution is 5.49. The van der Waals surface area contributed by atoms with Crippen LogP contribution in [-0.2, 0) is 17.9 Å². The average Bonchev–Trinajstić information content (AvgIpc) is 3.13. The number of aryl methyl sites for hydroxylation is 1. The molecule has 4 rings (SSSR count). The van der Waals surface area contributed by atoms with Gasteiger partial charge in [0, 0.05) is 0 Å². The third-order valence-corrected chi connectivity index (χ3v) is 3.57. The molecule has 0 amide bonds. The first-order valence-corrected chi connectivity index (χ1v) is 6.81. The number of ether oxygens (including phenoxy) is 1. The molecule has 0 saturated heterocycles. The Labute approximate surface area is 124 Å². The molecule has 7 nitrogen and oxygen atoms in total. The molecule has 1 unspecified atom stereocenters. The van der Waals surface area contributed by atoms with Crippen LogP contribution in [0.2, 0.25) is 0 Å². The van der Waals surface area contributed by atoms with Gasteiger partial charge < -0.3 is 9.26 Å². The summed E-state index contributed by atoms with van der Waals surface area (Å²) in [5.41, 5.74) is 2.23. The number of benzene rings is 1. The van der Waals surface area contributed by atoms with Crippen molar-refractivity contribution in [1.82, 2.24) is 25.1 Å². The third kappa shape index (κ3) is 2.17. The van der Waals surface area contributed by atoms with Crippen LogP contribution in [-0.4, -0.2) is 25.1 Å². The van der Waals surface area contributed by atoms with Crippen LogP contribution in [0.1, 0.15) is 23.2 Å². The zero-order chi connectivity index (χ0) is 15.1. The van der Waals surface area contributed by atoms with Crippen LogP contribution in [0.3, 0.4) is 0 Å². The maximum atomic E-state index is 13.0. The van der Waals surface area contributed by atoms with Crippen LogP contribution in [0.25, 0.3) is 11.6 Å². The molecule has 0 bridgehead atoms. The van der Waals surface area contributed by atoms with Crippen molar-refractivity contribution in [2.24, 2.45) is 0 Å². The Kier molecular flexibility index (Phi) is 2.97. The van der Waals surface area contributed by atoms with Crippen molar-refractivity contribution in [3.8, 4) is 11.6 Å². The summed E-state index contributed by atoms with van der Waals surface area (Å²) < 4.78 is 25.7. The molecule has 8 heteroatoms. The second-order valence-electron chi connectivity index (χ2n) is 5.06. The quantitative estimate of drug-likeness (QED) is 0.721. The highest BCUT2D eigenvalue weighted by Crippen LogP contribution is 2.30. The van der Waals surface area contributed by atoms with Gasteiger partial charge in [0.2, 0.25) is 0 Å². The van der Waals surface area contributed by atoms with E-state index in [1.165, 1.54) is 12.1 Å².